The Morgan fingerprint density at radius 3 is 2.74 bits per heavy atom. The van der Waals surface area contributed by atoms with Gasteiger partial charge in [-0.15, -0.1) is 0 Å². The van der Waals surface area contributed by atoms with Crippen LogP contribution in [0.1, 0.15) is 20.3 Å². The Morgan fingerprint density at radius 2 is 2.11 bits per heavy atom. The van der Waals surface area contributed by atoms with Crippen molar-refractivity contribution in [2.45, 2.75) is 26.3 Å². The quantitative estimate of drug-likeness (QED) is 0.893. The molecule has 19 heavy (non-hydrogen) atoms. The molecule has 1 fully saturated rings. The molecule has 2 rings (SSSR count). The Morgan fingerprint density at radius 1 is 1.37 bits per heavy atom. The number of anilines is 2. The van der Waals surface area contributed by atoms with Gasteiger partial charge in [-0.25, -0.2) is 0 Å². The van der Waals surface area contributed by atoms with Gasteiger partial charge in [-0.1, -0.05) is 25.4 Å². The Hall–Kier alpha value is -0.540. The van der Waals surface area contributed by atoms with E-state index in [1.54, 1.807) is 0 Å². The summed E-state index contributed by atoms with van der Waals surface area (Å²) in [4.78, 5) is 2.12. The zero-order valence-corrected chi connectivity index (χ0v) is 13.7. The SMILES string of the molecule is CN(C)c1ccc(Cl)cc1NC1CSCC(C)(C)C1. The first-order valence-electron chi connectivity index (χ1n) is 6.68. The van der Waals surface area contributed by atoms with Crippen molar-refractivity contribution in [1.29, 1.82) is 0 Å². The van der Waals surface area contributed by atoms with Crippen LogP contribution in [0.15, 0.2) is 18.2 Å². The van der Waals surface area contributed by atoms with Gasteiger partial charge in [0, 0.05) is 30.9 Å². The maximum atomic E-state index is 6.13. The fraction of sp³-hybridized carbons (Fsp3) is 0.600. The average Bonchev–Trinajstić information content (AvgIpc) is 2.27. The van der Waals surface area contributed by atoms with Gasteiger partial charge >= 0.3 is 0 Å². The second-order valence-corrected chi connectivity index (χ2v) is 7.75. The molecule has 1 heterocycles. The summed E-state index contributed by atoms with van der Waals surface area (Å²) in [5.41, 5.74) is 2.75. The molecule has 0 bridgehead atoms. The van der Waals surface area contributed by atoms with Gasteiger partial charge in [0.15, 0.2) is 0 Å². The third-order valence-electron chi connectivity index (χ3n) is 3.41. The van der Waals surface area contributed by atoms with Crippen LogP contribution in [0.5, 0.6) is 0 Å². The van der Waals surface area contributed by atoms with Crippen molar-refractivity contribution in [3.63, 3.8) is 0 Å². The maximum Gasteiger partial charge on any atom is 0.0597 e. The first-order chi connectivity index (χ1) is 8.87. The smallest absolute Gasteiger partial charge is 0.0597 e. The molecule has 1 aromatic carbocycles. The number of hydrogen-bond acceptors (Lipinski definition) is 3. The minimum atomic E-state index is 0.414. The van der Waals surface area contributed by atoms with E-state index in [1.807, 2.05) is 23.9 Å². The van der Waals surface area contributed by atoms with E-state index in [9.17, 15) is 0 Å². The van der Waals surface area contributed by atoms with Crippen molar-refractivity contribution in [3.05, 3.63) is 23.2 Å². The number of halogens is 1. The number of thioether (sulfide) groups is 1. The third-order valence-corrected chi connectivity index (χ3v) is 5.27. The van der Waals surface area contributed by atoms with E-state index < -0.39 is 0 Å². The standard InChI is InChI=1S/C15H23ClN2S/c1-15(2)8-12(9-19-10-15)17-13-7-11(16)5-6-14(13)18(3)4/h5-7,12,17H,8-10H2,1-4H3. The van der Waals surface area contributed by atoms with Gasteiger partial charge in [0.1, 0.15) is 0 Å². The molecule has 4 heteroatoms. The highest BCUT2D eigenvalue weighted by Crippen LogP contribution is 2.36. The molecule has 2 nitrogen and oxygen atoms in total. The van der Waals surface area contributed by atoms with Crippen LogP contribution in [-0.4, -0.2) is 31.6 Å². The topological polar surface area (TPSA) is 15.3 Å². The van der Waals surface area contributed by atoms with E-state index in [1.165, 1.54) is 23.6 Å². The fourth-order valence-corrected chi connectivity index (χ4v) is 4.03. The van der Waals surface area contributed by atoms with Crippen LogP contribution in [0.4, 0.5) is 11.4 Å². The van der Waals surface area contributed by atoms with E-state index in [-0.39, 0.29) is 0 Å². The summed E-state index contributed by atoms with van der Waals surface area (Å²) in [6.07, 6.45) is 1.21. The molecule has 1 aliphatic rings. The number of benzene rings is 1. The molecular weight excluding hydrogens is 276 g/mol. The molecule has 0 radical (unpaired) electrons. The summed E-state index contributed by atoms with van der Waals surface area (Å²) in [7, 11) is 4.13. The summed E-state index contributed by atoms with van der Waals surface area (Å²) < 4.78 is 0. The predicted molar refractivity (Wildman–Crippen MR) is 88.9 cm³/mol. The van der Waals surface area contributed by atoms with Crippen molar-refractivity contribution in [1.82, 2.24) is 0 Å². The van der Waals surface area contributed by atoms with Crippen molar-refractivity contribution in [3.8, 4) is 0 Å². The molecule has 1 saturated heterocycles. The summed E-state index contributed by atoms with van der Waals surface area (Å²) in [5.74, 6) is 2.42. The Kier molecular flexibility index (Phi) is 4.57. The minimum absolute atomic E-state index is 0.414. The van der Waals surface area contributed by atoms with E-state index in [0.29, 0.717) is 11.5 Å². The lowest BCUT2D eigenvalue weighted by Gasteiger charge is -2.36. The highest BCUT2D eigenvalue weighted by Gasteiger charge is 2.28. The van der Waals surface area contributed by atoms with Crippen molar-refractivity contribution in [2.24, 2.45) is 5.41 Å². The molecule has 0 aromatic heterocycles. The summed E-state index contributed by atoms with van der Waals surface area (Å²) >= 11 is 8.17. The van der Waals surface area contributed by atoms with Crippen LogP contribution in [0.3, 0.4) is 0 Å². The summed E-state index contributed by atoms with van der Waals surface area (Å²) in [6, 6.07) is 6.57. The van der Waals surface area contributed by atoms with E-state index in [0.717, 1.165) is 10.7 Å². The first kappa shape index (κ1) is 14.9. The van der Waals surface area contributed by atoms with Crippen molar-refractivity contribution >= 4 is 34.7 Å². The van der Waals surface area contributed by atoms with Crippen LogP contribution in [0.25, 0.3) is 0 Å². The zero-order chi connectivity index (χ0) is 14.0. The second-order valence-electron chi connectivity index (χ2n) is 6.28. The van der Waals surface area contributed by atoms with E-state index >= 15 is 0 Å². The molecule has 1 aliphatic heterocycles. The van der Waals surface area contributed by atoms with Gasteiger partial charge in [-0.3, -0.25) is 0 Å². The number of hydrogen-bond donors (Lipinski definition) is 1. The Bertz CT molecular complexity index is 446. The largest absolute Gasteiger partial charge is 0.380 e. The van der Waals surface area contributed by atoms with Gasteiger partial charge in [0.05, 0.1) is 11.4 Å². The van der Waals surface area contributed by atoms with Crippen LogP contribution >= 0.6 is 23.4 Å². The second kappa shape index (κ2) is 5.84. The van der Waals surface area contributed by atoms with E-state index in [2.05, 4.69) is 44.2 Å². The highest BCUT2D eigenvalue weighted by molar-refractivity contribution is 7.99. The van der Waals surface area contributed by atoms with Crippen LogP contribution < -0.4 is 10.2 Å². The normalized spacial score (nSPS) is 22.1. The molecule has 1 aromatic rings. The molecule has 0 spiro atoms. The number of nitrogens with one attached hydrogen (secondary N) is 1. The molecule has 1 unspecified atom stereocenters. The zero-order valence-electron chi connectivity index (χ0n) is 12.2. The van der Waals surface area contributed by atoms with Crippen molar-refractivity contribution < 1.29 is 0 Å². The van der Waals surface area contributed by atoms with Gasteiger partial charge in [-0.2, -0.15) is 11.8 Å². The van der Waals surface area contributed by atoms with Crippen LogP contribution in [0.2, 0.25) is 5.02 Å². The van der Waals surface area contributed by atoms with Gasteiger partial charge in [0.2, 0.25) is 0 Å². The van der Waals surface area contributed by atoms with Gasteiger partial charge in [-0.05, 0) is 35.8 Å². The minimum Gasteiger partial charge on any atom is -0.380 e. The lowest BCUT2D eigenvalue weighted by Crippen LogP contribution is -2.35. The predicted octanol–water partition coefficient (Wildman–Crippen LogP) is 4.35. The van der Waals surface area contributed by atoms with Crippen LogP contribution in [0, 0.1) is 5.41 Å². The van der Waals surface area contributed by atoms with Crippen LogP contribution in [-0.2, 0) is 0 Å². The first-order valence-corrected chi connectivity index (χ1v) is 8.22. The monoisotopic (exact) mass is 298 g/mol. The number of rotatable bonds is 3. The summed E-state index contributed by atoms with van der Waals surface area (Å²) in [6.45, 7) is 4.69. The lowest BCUT2D eigenvalue weighted by molar-refractivity contribution is 0.358. The molecule has 0 amide bonds. The molecular formula is C15H23ClN2S. The van der Waals surface area contributed by atoms with Crippen molar-refractivity contribution in [2.75, 3.05) is 35.8 Å². The number of nitrogens with zero attached hydrogens (tertiary/aromatic N) is 1. The lowest BCUT2D eigenvalue weighted by atomic mass is 9.87. The Labute approximate surface area is 125 Å². The molecule has 1 atom stereocenters. The fourth-order valence-electron chi connectivity index (χ4n) is 2.59. The molecule has 1 N–H and O–H groups in total. The molecule has 106 valence electrons. The molecule has 0 aliphatic carbocycles. The van der Waals surface area contributed by atoms with E-state index in [4.69, 9.17) is 11.6 Å². The average molecular weight is 299 g/mol. The molecule has 0 saturated carbocycles. The van der Waals surface area contributed by atoms with Gasteiger partial charge < -0.3 is 10.2 Å². The third kappa shape index (κ3) is 3.96. The summed E-state index contributed by atoms with van der Waals surface area (Å²) in [5, 5.41) is 4.47. The highest BCUT2D eigenvalue weighted by atomic mass is 35.5. The van der Waals surface area contributed by atoms with Gasteiger partial charge in [0.25, 0.3) is 0 Å². The Balaban J connectivity index is 2.16. The maximum absolute atomic E-state index is 6.13.